The van der Waals surface area contributed by atoms with Gasteiger partial charge in [-0.2, -0.15) is 5.26 Å². The molecule has 10 nitrogen and oxygen atoms in total. The van der Waals surface area contributed by atoms with Crippen molar-refractivity contribution in [2.24, 2.45) is 0 Å². The number of ether oxygens (including phenoxy) is 1. The molecule has 1 aromatic heterocycles. The van der Waals surface area contributed by atoms with Crippen molar-refractivity contribution in [1.82, 2.24) is 19.8 Å². The molecule has 1 amide bonds. The maximum Gasteiger partial charge on any atom is 0.223 e. The number of rotatable bonds is 8. The summed E-state index contributed by atoms with van der Waals surface area (Å²) in [6.45, 7) is 4.33. The van der Waals surface area contributed by atoms with Crippen LogP contribution in [0.15, 0.2) is 42.4 Å². The van der Waals surface area contributed by atoms with Crippen LogP contribution in [-0.4, -0.2) is 76.7 Å². The van der Waals surface area contributed by atoms with Crippen LogP contribution in [-0.2, 0) is 4.79 Å². The number of aliphatic hydroxyl groups excluding tert-OH is 1. The first-order valence-corrected chi connectivity index (χ1v) is 11.0. The Balaban J connectivity index is 1.28. The van der Waals surface area contributed by atoms with Crippen LogP contribution < -0.4 is 15.4 Å². The second-order valence-corrected chi connectivity index (χ2v) is 7.78. The van der Waals surface area contributed by atoms with E-state index in [4.69, 9.17) is 9.84 Å². The van der Waals surface area contributed by atoms with Crippen LogP contribution in [0, 0.1) is 11.3 Å². The van der Waals surface area contributed by atoms with Gasteiger partial charge in [-0.1, -0.05) is 12.1 Å². The van der Waals surface area contributed by atoms with E-state index in [0.717, 1.165) is 18.8 Å². The zero-order valence-electron chi connectivity index (χ0n) is 18.3. The zero-order valence-corrected chi connectivity index (χ0v) is 18.3. The summed E-state index contributed by atoms with van der Waals surface area (Å²) in [7, 11) is 0. The lowest BCUT2D eigenvalue weighted by Gasteiger charge is -2.34. The second-order valence-electron chi connectivity index (χ2n) is 7.78. The number of nitrogens with one attached hydrogen (secondary N) is 2. The Morgan fingerprint density at radius 2 is 2.06 bits per heavy atom. The quantitative estimate of drug-likeness (QED) is 0.406. The van der Waals surface area contributed by atoms with Crippen molar-refractivity contribution in [3.8, 4) is 11.8 Å². The van der Waals surface area contributed by atoms with Crippen molar-refractivity contribution in [3.05, 3.63) is 48.1 Å². The lowest BCUT2D eigenvalue weighted by Crippen LogP contribution is -2.49. The number of piperazine rings is 1. The van der Waals surface area contributed by atoms with Gasteiger partial charge in [-0.25, -0.2) is 9.97 Å². The first-order chi connectivity index (χ1) is 16.2. The maximum absolute atomic E-state index is 12.4. The van der Waals surface area contributed by atoms with Gasteiger partial charge in [0.1, 0.15) is 11.6 Å². The standard InChI is InChI=1S/C23H27N7O3/c24-16-17(22-27-19-4-1-2-5-20(19)33-22)18-7-9-26-23(28-18)25-8-3-6-21(32)30-12-10-29(11-13-30)14-15-31/h1-2,4-5,7,9,27,31H,3,6,8,10-15H2,(H,25,26,28). The lowest BCUT2D eigenvalue weighted by molar-refractivity contribution is -0.133. The number of carbonyl (C=O) groups excluding carboxylic acids is 1. The number of amides is 1. The number of benzene rings is 1. The number of nitriles is 1. The molecular formula is C23H27N7O3. The van der Waals surface area contributed by atoms with E-state index in [1.807, 2.05) is 29.2 Å². The second kappa shape index (κ2) is 10.8. The highest BCUT2D eigenvalue weighted by atomic mass is 16.5. The van der Waals surface area contributed by atoms with E-state index in [9.17, 15) is 10.1 Å². The van der Waals surface area contributed by atoms with Gasteiger partial charge in [0.15, 0.2) is 5.75 Å². The van der Waals surface area contributed by atoms with Crippen LogP contribution in [0.5, 0.6) is 5.75 Å². The van der Waals surface area contributed by atoms with Crippen molar-refractivity contribution in [2.75, 3.05) is 56.5 Å². The fourth-order valence-electron chi connectivity index (χ4n) is 3.80. The topological polar surface area (TPSA) is 127 Å². The summed E-state index contributed by atoms with van der Waals surface area (Å²) < 4.78 is 5.76. The predicted molar refractivity (Wildman–Crippen MR) is 123 cm³/mol. The molecule has 0 unspecified atom stereocenters. The van der Waals surface area contributed by atoms with Crippen LogP contribution in [0.4, 0.5) is 11.6 Å². The zero-order chi connectivity index (χ0) is 23.0. The molecule has 0 aliphatic carbocycles. The van der Waals surface area contributed by atoms with Gasteiger partial charge >= 0.3 is 0 Å². The summed E-state index contributed by atoms with van der Waals surface area (Å²) in [5, 5.41) is 24.9. The van der Waals surface area contributed by atoms with E-state index in [1.165, 1.54) is 0 Å². The average molecular weight is 450 g/mol. The molecule has 3 heterocycles. The number of nitrogens with zero attached hydrogens (tertiary/aromatic N) is 5. The third-order valence-corrected chi connectivity index (χ3v) is 5.59. The molecule has 2 aliphatic rings. The molecule has 1 fully saturated rings. The van der Waals surface area contributed by atoms with Crippen molar-refractivity contribution in [3.63, 3.8) is 0 Å². The van der Waals surface area contributed by atoms with E-state index in [2.05, 4.69) is 31.6 Å². The Morgan fingerprint density at radius 3 is 2.82 bits per heavy atom. The van der Waals surface area contributed by atoms with Crippen LogP contribution in [0.2, 0.25) is 0 Å². The molecule has 3 N–H and O–H groups in total. The summed E-state index contributed by atoms with van der Waals surface area (Å²) in [6, 6.07) is 11.3. The Labute approximate surface area is 192 Å². The van der Waals surface area contributed by atoms with Gasteiger partial charge in [-0.3, -0.25) is 9.69 Å². The maximum atomic E-state index is 12.4. The van der Waals surface area contributed by atoms with Gasteiger partial charge in [-0.05, 0) is 24.6 Å². The highest BCUT2D eigenvalue weighted by molar-refractivity contribution is 5.81. The molecule has 0 atom stereocenters. The number of β-amino-alcohol motifs (C(OH)–C–C–N with tert-alkyl or cyclic N) is 1. The highest BCUT2D eigenvalue weighted by Gasteiger charge is 2.22. The number of carbonyl (C=O) groups is 1. The monoisotopic (exact) mass is 449 g/mol. The van der Waals surface area contributed by atoms with Crippen LogP contribution in [0.3, 0.4) is 0 Å². The third kappa shape index (κ3) is 5.58. The number of hydrogen-bond donors (Lipinski definition) is 3. The van der Waals surface area contributed by atoms with Gasteiger partial charge in [0.05, 0.1) is 18.0 Å². The smallest absolute Gasteiger partial charge is 0.223 e. The molecule has 4 rings (SSSR count). The van der Waals surface area contributed by atoms with E-state index in [0.29, 0.717) is 62.3 Å². The SMILES string of the molecule is N#CC(=C1Nc2ccccc2O1)c1ccnc(NCCCC(=O)N2CCN(CCO)CC2)n1. The Bertz CT molecular complexity index is 1030. The van der Waals surface area contributed by atoms with Crippen molar-refractivity contribution in [1.29, 1.82) is 5.26 Å². The molecule has 0 spiro atoms. The van der Waals surface area contributed by atoms with Crippen molar-refractivity contribution in [2.45, 2.75) is 12.8 Å². The van der Waals surface area contributed by atoms with Gasteiger partial charge < -0.3 is 25.4 Å². The van der Waals surface area contributed by atoms with E-state index < -0.39 is 0 Å². The van der Waals surface area contributed by atoms with Gasteiger partial charge in [0.25, 0.3) is 0 Å². The molecule has 172 valence electrons. The molecule has 0 saturated carbocycles. The van der Waals surface area contributed by atoms with Crippen molar-refractivity contribution < 1.29 is 14.6 Å². The predicted octanol–water partition coefficient (Wildman–Crippen LogP) is 1.50. The first kappa shape index (κ1) is 22.5. The summed E-state index contributed by atoms with van der Waals surface area (Å²) in [6.07, 6.45) is 2.67. The molecular weight excluding hydrogens is 422 g/mol. The largest absolute Gasteiger partial charge is 0.437 e. The van der Waals surface area contributed by atoms with Crippen LogP contribution >= 0.6 is 0 Å². The Kier molecular flexibility index (Phi) is 7.34. The summed E-state index contributed by atoms with van der Waals surface area (Å²) in [4.78, 5) is 25.1. The minimum absolute atomic E-state index is 0.135. The van der Waals surface area contributed by atoms with E-state index in [-0.39, 0.29) is 18.1 Å². The lowest BCUT2D eigenvalue weighted by atomic mass is 10.2. The normalized spacial score (nSPS) is 16.9. The van der Waals surface area contributed by atoms with Crippen molar-refractivity contribution >= 4 is 23.1 Å². The van der Waals surface area contributed by atoms with Gasteiger partial charge in [-0.15, -0.1) is 0 Å². The average Bonchev–Trinajstić information content (AvgIpc) is 3.27. The Hall–Kier alpha value is -3.68. The minimum Gasteiger partial charge on any atom is -0.437 e. The molecule has 2 aliphatic heterocycles. The van der Waals surface area contributed by atoms with Crippen LogP contribution in [0.25, 0.3) is 5.57 Å². The number of hydrogen-bond acceptors (Lipinski definition) is 9. The van der Waals surface area contributed by atoms with E-state index >= 15 is 0 Å². The van der Waals surface area contributed by atoms with E-state index in [1.54, 1.807) is 12.3 Å². The summed E-state index contributed by atoms with van der Waals surface area (Å²) in [5.74, 6) is 1.53. The molecule has 1 saturated heterocycles. The first-order valence-electron chi connectivity index (χ1n) is 11.0. The third-order valence-electron chi connectivity index (χ3n) is 5.59. The molecule has 0 bridgehead atoms. The minimum atomic E-state index is 0.135. The molecule has 33 heavy (non-hydrogen) atoms. The molecule has 1 aromatic carbocycles. The molecule has 0 radical (unpaired) electrons. The number of allylic oxidation sites excluding steroid dienone is 1. The number of aromatic nitrogens is 2. The summed E-state index contributed by atoms with van der Waals surface area (Å²) in [5.41, 5.74) is 1.53. The fourth-order valence-corrected chi connectivity index (χ4v) is 3.80. The summed E-state index contributed by atoms with van der Waals surface area (Å²) >= 11 is 0. The fraction of sp³-hybridized carbons (Fsp3) is 0.391. The van der Waals surface area contributed by atoms with Gasteiger partial charge in [0, 0.05) is 51.9 Å². The van der Waals surface area contributed by atoms with Crippen LogP contribution in [0.1, 0.15) is 18.5 Å². The Morgan fingerprint density at radius 1 is 1.24 bits per heavy atom. The van der Waals surface area contributed by atoms with Gasteiger partial charge in [0.2, 0.25) is 17.7 Å². The number of fused-ring (bicyclic) bond motifs is 1. The molecule has 10 heteroatoms. The number of aliphatic hydroxyl groups is 1. The number of anilines is 2. The molecule has 2 aromatic rings. The number of para-hydroxylation sites is 2. The highest BCUT2D eigenvalue weighted by Crippen LogP contribution is 2.35.